The lowest BCUT2D eigenvalue weighted by atomic mass is 10.1. The van der Waals surface area contributed by atoms with Crippen molar-refractivity contribution in [3.05, 3.63) is 46.0 Å². The summed E-state index contributed by atoms with van der Waals surface area (Å²) in [5, 5.41) is 6.79. The quantitative estimate of drug-likeness (QED) is 0.823. The molecule has 0 aromatic heterocycles. The molecule has 0 aliphatic carbocycles. The molecule has 18 heavy (non-hydrogen) atoms. The average molecular weight is 265 g/mol. The Morgan fingerprint density at radius 3 is 3.00 bits per heavy atom. The minimum atomic E-state index is -0.0728. The van der Waals surface area contributed by atoms with E-state index in [2.05, 4.69) is 16.7 Å². The van der Waals surface area contributed by atoms with Crippen LogP contribution in [0.5, 0.6) is 0 Å². The number of hydrogen-bond donors (Lipinski definition) is 2. The Kier molecular flexibility index (Phi) is 4.39. The Bertz CT molecular complexity index is 483. The molecule has 4 heteroatoms. The maximum atomic E-state index is 11.9. The van der Waals surface area contributed by atoms with Crippen LogP contribution in [0.15, 0.2) is 29.8 Å². The van der Waals surface area contributed by atoms with Crippen molar-refractivity contribution in [2.75, 3.05) is 19.6 Å². The van der Waals surface area contributed by atoms with Crippen molar-refractivity contribution in [3.8, 4) is 0 Å². The summed E-state index contributed by atoms with van der Waals surface area (Å²) in [5.74, 6) is -0.0728. The summed E-state index contributed by atoms with van der Waals surface area (Å²) in [6.45, 7) is 4.41. The first-order valence-electron chi connectivity index (χ1n) is 6.10. The van der Waals surface area contributed by atoms with Crippen LogP contribution in [-0.4, -0.2) is 25.5 Å². The number of aryl methyl sites for hydroxylation is 1. The summed E-state index contributed by atoms with van der Waals surface area (Å²) in [7, 11) is 0. The van der Waals surface area contributed by atoms with Gasteiger partial charge in [0.15, 0.2) is 0 Å². The molecular weight excluding hydrogens is 248 g/mol. The first kappa shape index (κ1) is 13.1. The van der Waals surface area contributed by atoms with Gasteiger partial charge in [-0.2, -0.15) is 0 Å². The monoisotopic (exact) mass is 264 g/mol. The molecule has 1 aromatic rings. The van der Waals surface area contributed by atoms with E-state index in [1.165, 1.54) is 5.57 Å². The third kappa shape index (κ3) is 3.34. The summed E-state index contributed by atoms with van der Waals surface area (Å²) < 4.78 is 0. The van der Waals surface area contributed by atoms with E-state index in [1.807, 2.05) is 13.0 Å². The van der Waals surface area contributed by atoms with Crippen molar-refractivity contribution in [1.82, 2.24) is 10.6 Å². The van der Waals surface area contributed by atoms with E-state index in [1.54, 1.807) is 12.1 Å². The largest absolute Gasteiger partial charge is 0.348 e. The summed E-state index contributed by atoms with van der Waals surface area (Å²) in [6, 6.07) is 5.37. The third-order valence-electron chi connectivity index (χ3n) is 3.07. The SMILES string of the molecule is Cc1ccc(C(=O)NCC2=CCNCC2)cc1Cl. The van der Waals surface area contributed by atoms with Crippen LogP contribution in [0, 0.1) is 6.92 Å². The predicted molar refractivity (Wildman–Crippen MR) is 74.1 cm³/mol. The van der Waals surface area contributed by atoms with Crippen LogP contribution in [0.2, 0.25) is 5.02 Å². The minimum absolute atomic E-state index is 0.0728. The molecule has 1 amide bonds. The maximum absolute atomic E-state index is 11.9. The molecular formula is C14H17ClN2O. The van der Waals surface area contributed by atoms with E-state index in [9.17, 15) is 4.79 Å². The number of halogens is 1. The topological polar surface area (TPSA) is 41.1 Å². The Morgan fingerprint density at radius 2 is 2.33 bits per heavy atom. The van der Waals surface area contributed by atoms with Gasteiger partial charge >= 0.3 is 0 Å². The van der Waals surface area contributed by atoms with Crippen LogP contribution >= 0.6 is 11.6 Å². The molecule has 1 aliphatic heterocycles. The molecule has 0 bridgehead atoms. The van der Waals surface area contributed by atoms with Crippen LogP contribution in [0.1, 0.15) is 22.3 Å². The fraction of sp³-hybridized carbons (Fsp3) is 0.357. The lowest BCUT2D eigenvalue weighted by Gasteiger charge is -2.14. The van der Waals surface area contributed by atoms with Crippen LogP contribution in [0.25, 0.3) is 0 Å². The second-order valence-corrected chi connectivity index (χ2v) is 4.87. The van der Waals surface area contributed by atoms with Crippen LogP contribution < -0.4 is 10.6 Å². The highest BCUT2D eigenvalue weighted by atomic mass is 35.5. The number of nitrogens with one attached hydrogen (secondary N) is 2. The lowest BCUT2D eigenvalue weighted by Crippen LogP contribution is -2.29. The molecule has 0 saturated heterocycles. The summed E-state index contributed by atoms with van der Waals surface area (Å²) in [4.78, 5) is 11.9. The van der Waals surface area contributed by atoms with Gasteiger partial charge in [0.1, 0.15) is 0 Å². The highest BCUT2D eigenvalue weighted by molar-refractivity contribution is 6.31. The first-order valence-corrected chi connectivity index (χ1v) is 6.47. The van der Waals surface area contributed by atoms with Crippen molar-refractivity contribution in [2.45, 2.75) is 13.3 Å². The van der Waals surface area contributed by atoms with E-state index in [-0.39, 0.29) is 5.91 Å². The van der Waals surface area contributed by atoms with Crippen molar-refractivity contribution in [3.63, 3.8) is 0 Å². The minimum Gasteiger partial charge on any atom is -0.348 e. The zero-order valence-corrected chi connectivity index (χ0v) is 11.2. The molecule has 0 radical (unpaired) electrons. The van der Waals surface area contributed by atoms with E-state index >= 15 is 0 Å². The van der Waals surface area contributed by atoms with Gasteiger partial charge in [0.05, 0.1) is 0 Å². The van der Waals surface area contributed by atoms with E-state index in [0.717, 1.165) is 25.1 Å². The highest BCUT2D eigenvalue weighted by Gasteiger charge is 2.09. The fourth-order valence-corrected chi connectivity index (χ4v) is 2.04. The molecule has 1 aromatic carbocycles. The van der Waals surface area contributed by atoms with Crippen LogP contribution in [-0.2, 0) is 0 Å². The third-order valence-corrected chi connectivity index (χ3v) is 3.48. The molecule has 0 atom stereocenters. The van der Waals surface area contributed by atoms with E-state index < -0.39 is 0 Å². The van der Waals surface area contributed by atoms with Gasteiger partial charge in [-0.1, -0.05) is 29.3 Å². The van der Waals surface area contributed by atoms with Crippen LogP contribution in [0.4, 0.5) is 0 Å². The summed E-state index contributed by atoms with van der Waals surface area (Å²) >= 11 is 6.01. The number of amides is 1. The number of rotatable bonds is 3. The predicted octanol–water partition coefficient (Wildman–Crippen LogP) is 2.30. The van der Waals surface area contributed by atoms with Gasteiger partial charge in [0, 0.05) is 23.7 Å². The summed E-state index contributed by atoms with van der Waals surface area (Å²) in [5.41, 5.74) is 2.87. The molecule has 3 nitrogen and oxygen atoms in total. The van der Waals surface area contributed by atoms with Gasteiger partial charge in [-0.25, -0.2) is 0 Å². The van der Waals surface area contributed by atoms with Crippen molar-refractivity contribution in [2.24, 2.45) is 0 Å². The van der Waals surface area contributed by atoms with Gasteiger partial charge in [-0.15, -0.1) is 0 Å². The van der Waals surface area contributed by atoms with E-state index in [0.29, 0.717) is 17.1 Å². The van der Waals surface area contributed by atoms with Gasteiger partial charge in [-0.05, 0) is 37.6 Å². The van der Waals surface area contributed by atoms with Crippen molar-refractivity contribution >= 4 is 17.5 Å². The molecule has 1 aliphatic rings. The Morgan fingerprint density at radius 1 is 1.50 bits per heavy atom. The van der Waals surface area contributed by atoms with E-state index in [4.69, 9.17) is 11.6 Å². The molecule has 96 valence electrons. The number of carbonyl (C=O) groups excluding carboxylic acids is 1. The zero-order valence-electron chi connectivity index (χ0n) is 10.4. The summed E-state index contributed by atoms with van der Waals surface area (Å²) in [6.07, 6.45) is 3.13. The number of carbonyl (C=O) groups is 1. The molecule has 1 heterocycles. The second-order valence-electron chi connectivity index (χ2n) is 4.46. The van der Waals surface area contributed by atoms with Crippen molar-refractivity contribution in [1.29, 1.82) is 0 Å². The van der Waals surface area contributed by atoms with Gasteiger partial charge in [-0.3, -0.25) is 4.79 Å². The second kappa shape index (κ2) is 6.03. The Balaban J connectivity index is 1.95. The van der Waals surface area contributed by atoms with Gasteiger partial charge in [0.2, 0.25) is 0 Å². The zero-order chi connectivity index (χ0) is 13.0. The molecule has 2 rings (SSSR count). The number of benzene rings is 1. The highest BCUT2D eigenvalue weighted by Crippen LogP contribution is 2.16. The normalized spacial score (nSPS) is 15.1. The maximum Gasteiger partial charge on any atom is 0.251 e. The molecule has 0 spiro atoms. The Hall–Kier alpha value is -1.32. The molecule has 0 unspecified atom stereocenters. The number of hydrogen-bond acceptors (Lipinski definition) is 2. The molecule has 2 N–H and O–H groups in total. The van der Waals surface area contributed by atoms with Gasteiger partial charge in [0.25, 0.3) is 5.91 Å². The van der Waals surface area contributed by atoms with Crippen LogP contribution in [0.3, 0.4) is 0 Å². The lowest BCUT2D eigenvalue weighted by molar-refractivity contribution is 0.0956. The fourth-order valence-electron chi connectivity index (χ4n) is 1.86. The average Bonchev–Trinajstić information content (AvgIpc) is 2.40. The smallest absolute Gasteiger partial charge is 0.251 e. The molecule has 0 fully saturated rings. The Labute approximate surface area is 112 Å². The standard InChI is InChI=1S/C14H17ClN2O/c1-10-2-3-12(8-13(10)15)14(18)17-9-11-4-6-16-7-5-11/h2-4,8,16H,5-7,9H2,1H3,(H,17,18). The van der Waals surface area contributed by atoms with Gasteiger partial charge < -0.3 is 10.6 Å². The van der Waals surface area contributed by atoms with Crippen molar-refractivity contribution < 1.29 is 4.79 Å². The molecule has 0 saturated carbocycles. The first-order chi connectivity index (χ1) is 8.66.